The lowest BCUT2D eigenvalue weighted by Gasteiger charge is -2.73. The number of benzene rings is 1. The van der Waals surface area contributed by atoms with Crippen LogP contribution in [-0.2, 0) is 21.4 Å². The second-order valence-corrected chi connectivity index (χ2v) is 9.55. The van der Waals surface area contributed by atoms with Crippen LogP contribution in [0.2, 0.25) is 0 Å². The number of hydrogen-bond donors (Lipinski definition) is 1. The largest absolute Gasteiger partial charge is 0.504 e. The van der Waals surface area contributed by atoms with E-state index in [1.165, 1.54) is 11.1 Å². The predicted octanol–water partition coefficient (Wildman–Crippen LogP) is 2.43. The first-order valence-corrected chi connectivity index (χ1v) is 10.2. The van der Waals surface area contributed by atoms with Crippen LogP contribution < -0.4 is 4.74 Å². The molecule has 3 saturated carbocycles. The molecule has 6 atom stereocenters. The Morgan fingerprint density at radius 2 is 2.15 bits per heavy atom. The fraction of sp³-hybridized carbons (Fsp3) is 0.682. The lowest BCUT2D eigenvalue weighted by Crippen LogP contribution is -2.81. The van der Waals surface area contributed by atoms with Crippen molar-refractivity contribution >= 4 is 5.78 Å². The van der Waals surface area contributed by atoms with Crippen LogP contribution >= 0.6 is 0 Å². The molecule has 2 heterocycles. The Kier molecular flexibility index (Phi) is 2.84. The van der Waals surface area contributed by atoms with Gasteiger partial charge in [0.1, 0.15) is 17.5 Å². The van der Waals surface area contributed by atoms with Crippen LogP contribution in [0.15, 0.2) is 12.1 Å². The molecule has 5 heteroatoms. The number of phenols is 1. The highest BCUT2D eigenvalue weighted by Crippen LogP contribution is 2.76. The quantitative estimate of drug-likeness (QED) is 0.868. The molecule has 4 bridgehead atoms. The summed E-state index contributed by atoms with van der Waals surface area (Å²) in [6.07, 6.45) is 4.58. The summed E-state index contributed by atoms with van der Waals surface area (Å²) < 4.78 is 12.8. The van der Waals surface area contributed by atoms with Gasteiger partial charge in [-0.1, -0.05) is 6.07 Å². The molecule has 0 radical (unpaired) electrons. The maximum absolute atomic E-state index is 12.8. The van der Waals surface area contributed by atoms with E-state index in [1.807, 2.05) is 0 Å². The van der Waals surface area contributed by atoms with Gasteiger partial charge in [0.05, 0.1) is 5.92 Å². The third kappa shape index (κ3) is 1.47. The number of carbonyl (C=O) groups is 1. The van der Waals surface area contributed by atoms with E-state index in [9.17, 15) is 9.90 Å². The topological polar surface area (TPSA) is 59.0 Å². The van der Waals surface area contributed by atoms with Crippen molar-refractivity contribution in [3.05, 3.63) is 23.3 Å². The van der Waals surface area contributed by atoms with Crippen molar-refractivity contribution in [3.63, 3.8) is 0 Å². The Balaban J connectivity index is 1.70. The van der Waals surface area contributed by atoms with E-state index in [4.69, 9.17) is 9.47 Å². The van der Waals surface area contributed by atoms with Gasteiger partial charge < -0.3 is 19.5 Å². The Bertz CT molecular complexity index is 883. The summed E-state index contributed by atoms with van der Waals surface area (Å²) in [7, 11) is 3.98. The molecule has 0 amide bonds. The van der Waals surface area contributed by atoms with Crippen molar-refractivity contribution in [1.82, 2.24) is 4.90 Å². The number of rotatable bonds is 2. The normalized spacial score (nSPS) is 46.1. The van der Waals surface area contributed by atoms with E-state index in [2.05, 4.69) is 18.0 Å². The maximum atomic E-state index is 12.8. The summed E-state index contributed by atoms with van der Waals surface area (Å²) >= 11 is 0. The van der Waals surface area contributed by atoms with Gasteiger partial charge in [0.15, 0.2) is 11.5 Å². The highest BCUT2D eigenvalue weighted by molar-refractivity contribution is 5.81. The molecule has 6 aliphatic rings. The number of Topliss-reactive ketones (excluding diaryl/α,β-unsaturated/α-hetero) is 1. The number of piperidine rings is 1. The lowest BCUT2D eigenvalue weighted by molar-refractivity contribution is -0.270. The van der Waals surface area contributed by atoms with Crippen LogP contribution in [0.4, 0.5) is 0 Å². The van der Waals surface area contributed by atoms with Gasteiger partial charge in [-0.25, -0.2) is 0 Å². The second kappa shape index (κ2) is 4.69. The zero-order valence-electron chi connectivity index (χ0n) is 16.2. The third-order valence-electron chi connectivity index (χ3n) is 9.12. The summed E-state index contributed by atoms with van der Waals surface area (Å²) in [5.74, 6) is 0.968. The first-order valence-electron chi connectivity index (χ1n) is 10.2. The third-order valence-corrected chi connectivity index (χ3v) is 9.12. The summed E-state index contributed by atoms with van der Waals surface area (Å²) in [4.78, 5) is 15.3. The summed E-state index contributed by atoms with van der Waals surface area (Å²) in [5, 5.41) is 10.6. The number of methoxy groups -OCH3 is 1. The van der Waals surface area contributed by atoms with Crippen molar-refractivity contribution in [1.29, 1.82) is 0 Å². The standard InChI is InChI=1S/C22H27NO4/c1-12(24)14-11-20-6-7-22(14,26-3)19-21(20)8-9-23(2)16(20)10-13-4-5-15(25)18(27-19)17(13)21/h4-5,14,16,19,25H,6-11H2,1-3H3/t14-,16-,19-,20+,21+,22?/m1/s1. The zero-order chi connectivity index (χ0) is 18.8. The van der Waals surface area contributed by atoms with Crippen LogP contribution in [0.1, 0.15) is 43.7 Å². The van der Waals surface area contributed by atoms with Gasteiger partial charge in [-0.15, -0.1) is 0 Å². The highest BCUT2D eigenvalue weighted by Gasteiger charge is 2.80. The van der Waals surface area contributed by atoms with Crippen molar-refractivity contribution in [3.8, 4) is 11.5 Å². The molecule has 2 aliphatic heterocycles. The number of phenolic OH excluding ortho intramolecular Hbond substituents is 1. The number of ether oxygens (including phenoxy) is 2. The van der Waals surface area contributed by atoms with E-state index in [0.717, 1.165) is 38.6 Å². The van der Waals surface area contributed by atoms with E-state index in [1.54, 1.807) is 20.1 Å². The van der Waals surface area contributed by atoms with Gasteiger partial charge in [0.2, 0.25) is 0 Å². The molecule has 1 aromatic rings. The van der Waals surface area contributed by atoms with Crippen LogP contribution in [0.3, 0.4) is 0 Å². The Morgan fingerprint density at radius 1 is 1.33 bits per heavy atom. The molecule has 144 valence electrons. The minimum absolute atomic E-state index is 0.0212. The molecule has 1 N–H and O–H groups in total. The van der Waals surface area contributed by atoms with Gasteiger partial charge in [-0.3, -0.25) is 4.79 Å². The van der Waals surface area contributed by atoms with Crippen LogP contribution in [0.25, 0.3) is 0 Å². The number of ketones is 1. The fourth-order valence-corrected chi connectivity index (χ4v) is 8.15. The minimum Gasteiger partial charge on any atom is -0.504 e. The molecular formula is C22H27NO4. The van der Waals surface area contributed by atoms with Gasteiger partial charge >= 0.3 is 0 Å². The van der Waals surface area contributed by atoms with Crippen molar-refractivity contribution in [2.75, 3.05) is 20.7 Å². The van der Waals surface area contributed by atoms with E-state index < -0.39 is 5.60 Å². The van der Waals surface area contributed by atoms with Gasteiger partial charge in [0, 0.05) is 29.5 Å². The van der Waals surface area contributed by atoms with Crippen molar-refractivity contribution in [2.24, 2.45) is 11.3 Å². The first kappa shape index (κ1) is 16.4. The predicted molar refractivity (Wildman–Crippen MR) is 99.1 cm³/mol. The summed E-state index contributed by atoms with van der Waals surface area (Å²) in [6.45, 7) is 2.73. The molecule has 7 rings (SSSR count). The monoisotopic (exact) mass is 369 g/mol. The molecule has 1 saturated heterocycles. The molecule has 4 fully saturated rings. The van der Waals surface area contributed by atoms with Gasteiger partial charge in [-0.05, 0) is 64.3 Å². The Morgan fingerprint density at radius 3 is 2.89 bits per heavy atom. The van der Waals surface area contributed by atoms with Crippen LogP contribution in [0, 0.1) is 11.3 Å². The van der Waals surface area contributed by atoms with Gasteiger partial charge in [0.25, 0.3) is 0 Å². The average molecular weight is 369 g/mol. The number of nitrogens with zero attached hydrogens (tertiary/aromatic N) is 1. The molecular weight excluding hydrogens is 342 g/mol. The summed E-state index contributed by atoms with van der Waals surface area (Å²) in [6, 6.07) is 4.28. The highest BCUT2D eigenvalue weighted by atomic mass is 16.6. The van der Waals surface area contributed by atoms with E-state index in [-0.39, 0.29) is 34.4 Å². The number of likely N-dealkylation sites (N-methyl/N-ethyl adjacent to an activating group) is 1. The number of hydrogen-bond acceptors (Lipinski definition) is 5. The van der Waals surface area contributed by atoms with Crippen LogP contribution in [-0.4, -0.2) is 54.2 Å². The smallest absolute Gasteiger partial charge is 0.165 e. The molecule has 4 aliphatic carbocycles. The van der Waals surface area contributed by atoms with Crippen molar-refractivity contribution in [2.45, 2.75) is 62.2 Å². The first-order chi connectivity index (χ1) is 12.9. The molecule has 5 nitrogen and oxygen atoms in total. The number of carbonyl (C=O) groups excluding carboxylic acids is 1. The van der Waals surface area contributed by atoms with Crippen molar-refractivity contribution < 1.29 is 19.4 Å². The maximum Gasteiger partial charge on any atom is 0.165 e. The average Bonchev–Trinajstić information content (AvgIpc) is 3.03. The molecule has 1 unspecified atom stereocenters. The molecule has 1 aromatic carbocycles. The Hall–Kier alpha value is -1.59. The van der Waals surface area contributed by atoms with Crippen LogP contribution in [0.5, 0.6) is 11.5 Å². The second-order valence-electron chi connectivity index (χ2n) is 9.55. The molecule has 27 heavy (non-hydrogen) atoms. The SMILES string of the molecule is COC12CC[C@]3(C[C@@H]1C(C)=O)[C@H]1Cc4ccc(O)c5c4[C@@]3(CCN1C)[C@H]2O5. The molecule has 2 spiro atoms. The molecule has 0 aromatic heterocycles. The number of aromatic hydroxyl groups is 1. The van der Waals surface area contributed by atoms with E-state index >= 15 is 0 Å². The minimum atomic E-state index is -0.589. The number of likely N-dealkylation sites (tertiary alicyclic amines) is 1. The lowest BCUT2D eigenvalue weighted by atomic mass is 9.34. The van der Waals surface area contributed by atoms with E-state index in [0.29, 0.717) is 11.8 Å². The number of fused-ring (bicyclic) bond motifs is 2. The Labute approximate surface area is 159 Å². The zero-order valence-corrected chi connectivity index (χ0v) is 16.2. The fourth-order valence-electron chi connectivity index (χ4n) is 8.15. The van der Waals surface area contributed by atoms with Gasteiger partial charge in [-0.2, -0.15) is 0 Å². The summed E-state index contributed by atoms with van der Waals surface area (Å²) in [5.41, 5.74) is 1.83.